The molecule has 0 unspecified atom stereocenters. The number of carbonyl (C=O) groups excluding carboxylic acids is 1. The summed E-state index contributed by atoms with van der Waals surface area (Å²) in [4.78, 5) is 25.8. The Hall–Kier alpha value is -3.90. The first-order valence-electron chi connectivity index (χ1n) is 12.3. The van der Waals surface area contributed by atoms with Crippen LogP contribution in [0.15, 0.2) is 89.3 Å². The van der Waals surface area contributed by atoms with Gasteiger partial charge in [-0.15, -0.1) is 0 Å². The van der Waals surface area contributed by atoms with Crippen LogP contribution in [0.4, 0.5) is 0 Å². The second kappa shape index (κ2) is 10.4. The van der Waals surface area contributed by atoms with Crippen molar-refractivity contribution >= 4 is 5.97 Å². The van der Waals surface area contributed by atoms with Crippen LogP contribution in [0.2, 0.25) is 0 Å². The van der Waals surface area contributed by atoms with Gasteiger partial charge in [0.2, 0.25) is 5.89 Å². The highest BCUT2D eigenvalue weighted by molar-refractivity contribution is 5.76. The first-order valence-corrected chi connectivity index (χ1v) is 12.3. The highest BCUT2D eigenvalue weighted by Crippen LogP contribution is 2.46. The Kier molecular flexibility index (Phi) is 6.87. The Bertz CT molecular complexity index is 1260. The molecule has 1 aromatic heterocycles. The smallest absolute Gasteiger partial charge is 0.352 e. The van der Waals surface area contributed by atoms with Crippen LogP contribution in [-0.4, -0.2) is 16.1 Å². The third-order valence-corrected chi connectivity index (χ3v) is 6.75. The van der Waals surface area contributed by atoms with E-state index in [1.807, 2.05) is 78.9 Å². The number of carbonyl (C=O) groups is 1. The molecular weight excluding hydrogens is 454 g/mol. The fraction of sp³-hybridized carbons (Fsp3) is 0.267. The van der Waals surface area contributed by atoms with Gasteiger partial charge in [0.1, 0.15) is 11.3 Å². The molecule has 1 aliphatic carbocycles. The van der Waals surface area contributed by atoms with E-state index in [-0.39, 0.29) is 5.92 Å². The Balaban J connectivity index is 1.50. The number of rotatable bonds is 7. The van der Waals surface area contributed by atoms with Crippen molar-refractivity contribution in [3.63, 3.8) is 0 Å². The molecule has 36 heavy (non-hydrogen) atoms. The van der Waals surface area contributed by atoms with E-state index < -0.39 is 11.6 Å². The molecule has 4 aromatic rings. The molecule has 1 fully saturated rings. The highest BCUT2D eigenvalue weighted by atomic mass is 17.2. The standard InChI is InChI=1S/C30H29NO5/c1-21(32)35-36-26-17-10-11-22(20-26)19-25-16-8-9-18-30(25,33)29-31-27(23-12-4-2-5-13-23)28(34-29)24-14-6-3-7-15-24/h2-7,10-15,17,20,25,33H,8-9,16,18-19H2,1H3/t25-,30+/m0/s1. The van der Waals surface area contributed by atoms with Crippen molar-refractivity contribution in [2.24, 2.45) is 5.92 Å². The van der Waals surface area contributed by atoms with Gasteiger partial charge in [-0.1, -0.05) is 85.6 Å². The fourth-order valence-electron chi connectivity index (χ4n) is 4.98. The average Bonchev–Trinajstić information content (AvgIpc) is 3.37. The number of aromatic nitrogens is 1. The number of hydrogen-bond donors (Lipinski definition) is 1. The molecule has 1 aliphatic rings. The summed E-state index contributed by atoms with van der Waals surface area (Å²) in [5, 5.41) is 12.1. The molecule has 5 rings (SSSR count). The summed E-state index contributed by atoms with van der Waals surface area (Å²) in [5.74, 6) is 0.843. The SMILES string of the molecule is CC(=O)OOc1cccc(C[C@@H]2CCCC[C@]2(O)c2nc(-c3ccccc3)c(-c3ccccc3)o2)c1. The van der Waals surface area contributed by atoms with E-state index in [2.05, 4.69) is 4.89 Å². The van der Waals surface area contributed by atoms with Crippen LogP contribution in [0.25, 0.3) is 22.6 Å². The molecule has 1 saturated carbocycles. The quantitative estimate of drug-likeness (QED) is 0.239. The molecule has 0 radical (unpaired) electrons. The summed E-state index contributed by atoms with van der Waals surface area (Å²) in [6.07, 6.45) is 3.94. The molecule has 1 N–H and O–H groups in total. The minimum atomic E-state index is -1.21. The third kappa shape index (κ3) is 5.04. The Morgan fingerprint density at radius 2 is 1.72 bits per heavy atom. The molecule has 3 aromatic carbocycles. The summed E-state index contributed by atoms with van der Waals surface area (Å²) in [6, 6.07) is 27.2. The molecule has 2 atom stereocenters. The molecule has 1 heterocycles. The molecule has 0 aliphatic heterocycles. The number of nitrogens with zero attached hydrogens (tertiary/aromatic N) is 1. The fourth-order valence-corrected chi connectivity index (χ4v) is 4.98. The Morgan fingerprint density at radius 1 is 1.00 bits per heavy atom. The van der Waals surface area contributed by atoms with Crippen LogP contribution < -0.4 is 4.89 Å². The van der Waals surface area contributed by atoms with Gasteiger partial charge in [-0.2, -0.15) is 0 Å². The first-order chi connectivity index (χ1) is 17.5. The van der Waals surface area contributed by atoms with Crippen LogP contribution in [-0.2, 0) is 21.7 Å². The Labute approximate surface area is 210 Å². The van der Waals surface area contributed by atoms with Gasteiger partial charge in [0.15, 0.2) is 11.5 Å². The van der Waals surface area contributed by atoms with Crippen LogP contribution in [0.5, 0.6) is 5.75 Å². The van der Waals surface area contributed by atoms with E-state index in [0.29, 0.717) is 30.2 Å². The Morgan fingerprint density at radius 3 is 2.44 bits per heavy atom. The number of aliphatic hydroxyl groups is 1. The number of benzene rings is 3. The lowest BCUT2D eigenvalue weighted by molar-refractivity contribution is -0.210. The van der Waals surface area contributed by atoms with Crippen molar-refractivity contribution in [2.75, 3.05) is 0 Å². The van der Waals surface area contributed by atoms with Crippen molar-refractivity contribution in [1.29, 1.82) is 0 Å². The zero-order valence-electron chi connectivity index (χ0n) is 20.2. The summed E-state index contributed by atoms with van der Waals surface area (Å²) < 4.78 is 6.41. The normalized spacial score (nSPS) is 19.6. The lowest BCUT2D eigenvalue weighted by Gasteiger charge is -2.37. The van der Waals surface area contributed by atoms with Crippen molar-refractivity contribution in [3.05, 3.63) is 96.4 Å². The third-order valence-electron chi connectivity index (χ3n) is 6.75. The molecule has 184 valence electrons. The van der Waals surface area contributed by atoms with Gasteiger partial charge in [0.05, 0.1) is 0 Å². The monoisotopic (exact) mass is 483 g/mol. The van der Waals surface area contributed by atoms with Gasteiger partial charge in [0.25, 0.3) is 0 Å². The zero-order valence-corrected chi connectivity index (χ0v) is 20.2. The largest absolute Gasteiger partial charge is 0.437 e. The summed E-state index contributed by atoms with van der Waals surface area (Å²) in [7, 11) is 0. The van der Waals surface area contributed by atoms with Gasteiger partial charge in [-0.05, 0) is 37.0 Å². The van der Waals surface area contributed by atoms with Gasteiger partial charge in [-0.25, -0.2) is 9.78 Å². The summed E-state index contributed by atoms with van der Waals surface area (Å²) in [6.45, 7) is 1.29. The van der Waals surface area contributed by atoms with E-state index in [1.54, 1.807) is 6.07 Å². The minimum Gasteiger partial charge on any atom is -0.437 e. The maximum absolute atomic E-state index is 12.1. The lowest BCUT2D eigenvalue weighted by atomic mass is 9.72. The molecule has 0 bridgehead atoms. The maximum Gasteiger partial charge on any atom is 0.352 e. The second-order valence-electron chi connectivity index (χ2n) is 9.31. The first kappa shape index (κ1) is 23.8. The average molecular weight is 484 g/mol. The molecule has 0 spiro atoms. The molecule has 0 saturated heterocycles. The van der Waals surface area contributed by atoms with E-state index in [9.17, 15) is 9.90 Å². The molecule has 6 heteroatoms. The van der Waals surface area contributed by atoms with Gasteiger partial charge in [-0.3, -0.25) is 9.78 Å². The number of hydrogen-bond acceptors (Lipinski definition) is 6. The van der Waals surface area contributed by atoms with Crippen LogP contribution in [0, 0.1) is 5.92 Å². The van der Waals surface area contributed by atoms with Gasteiger partial charge >= 0.3 is 5.97 Å². The number of oxazole rings is 1. The topological polar surface area (TPSA) is 81.8 Å². The van der Waals surface area contributed by atoms with Crippen LogP contribution in [0.1, 0.15) is 44.1 Å². The van der Waals surface area contributed by atoms with E-state index in [1.165, 1.54) is 6.92 Å². The van der Waals surface area contributed by atoms with E-state index >= 15 is 0 Å². The van der Waals surface area contributed by atoms with E-state index in [4.69, 9.17) is 14.3 Å². The van der Waals surface area contributed by atoms with Crippen molar-refractivity contribution in [1.82, 2.24) is 4.98 Å². The van der Waals surface area contributed by atoms with Crippen LogP contribution >= 0.6 is 0 Å². The van der Waals surface area contributed by atoms with Gasteiger partial charge in [0, 0.05) is 24.0 Å². The van der Waals surface area contributed by atoms with Gasteiger partial charge < -0.3 is 9.52 Å². The van der Waals surface area contributed by atoms with Crippen molar-refractivity contribution < 1.29 is 24.1 Å². The predicted molar refractivity (Wildman–Crippen MR) is 136 cm³/mol. The minimum absolute atomic E-state index is 0.0962. The summed E-state index contributed by atoms with van der Waals surface area (Å²) in [5.41, 5.74) is 2.36. The highest BCUT2D eigenvalue weighted by Gasteiger charge is 2.45. The lowest BCUT2D eigenvalue weighted by Crippen LogP contribution is -2.39. The second-order valence-corrected chi connectivity index (χ2v) is 9.31. The predicted octanol–water partition coefficient (Wildman–Crippen LogP) is 6.49. The zero-order chi connectivity index (χ0) is 25.0. The van der Waals surface area contributed by atoms with Crippen molar-refractivity contribution in [3.8, 4) is 28.3 Å². The van der Waals surface area contributed by atoms with Crippen LogP contribution in [0.3, 0.4) is 0 Å². The molecule has 0 amide bonds. The molecule has 6 nitrogen and oxygen atoms in total. The van der Waals surface area contributed by atoms with E-state index in [0.717, 1.165) is 41.6 Å². The molecular formula is C30H29NO5. The summed E-state index contributed by atoms with van der Waals surface area (Å²) >= 11 is 0. The maximum atomic E-state index is 12.1. The van der Waals surface area contributed by atoms with Crippen molar-refractivity contribution in [2.45, 2.75) is 44.6 Å².